The molecule has 1 aliphatic carbocycles. The third-order valence-corrected chi connectivity index (χ3v) is 3.99. The average molecular weight is 242 g/mol. The van der Waals surface area contributed by atoms with Crippen molar-refractivity contribution >= 4 is 11.5 Å². The van der Waals surface area contributed by atoms with Gasteiger partial charge in [-0.1, -0.05) is 43.2 Å². The van der Waals surface area contributed by atoms with Crippen LogP contribution in [0.15, 0.2) is 36.4 Å². The lowest BCUT2D eigenvalue weighted by Gasteiger charge is -2.26. The first-order valence-corrected chi connectivity index (χ1v) is 6.81. The van der Waals surface area contributed by atoms with E-state index in [0.29, 0.717) is 0 Å². The first-order chi connectivity index (χ1) is 8.80. The van der Waals surface area contributed by atoms with E-state index in [9.17, 15) is 4.79 Å². The van der Waals surface area contributed by atoms with E-state index in [0.717, 1.165) is 37.0 Å². The molecule has 94 valence electrons. The van der Waals surface area contributed by atoms with Crippen LogP contribution in [0.3, 0.4) is 0 Å². The van der Waals surface area contributed by atoms with Crippen molar-refractivity contribution in [1.82, 2.24) is 0 Å². The molecule has 1 spiro atoms. The van der Waals surface area contributed by atoms with Gasteiger partial charge in [-0.25, -0.2) is 0 Å². The van der Waals surface area contributed by atoms with E-state index in [-0.39, 0.29) is 5.78 Å². The summed E-state index contributed by atoms with van der Waals surface area (Å²) in [5.41, 5.74) is 0.466. The molecule has 0 saturated heterocycles. The molecule has 0 bridgehead atoms. The molecule has 0 aromatic heterocycles. The Bertz CT molecular complexity index is 465. The molecule has 1 aliphatic heterocycles. The Morgan fingerprint density at radius 2 is 1.61 bits per heavy atom. The van der Waals surface area contributed by atoms with E-state index in [4.69, 9.17) is 4.74 Å². The molecular weight excluding hydrogens is 224 g/mol. The van der Waals surface area contributed by atoms with Gasteiger partial charge < -0.3 is 4.74 Å². The molecule has 2 heteroatoms. The lowest BCUT2D eigenvalue weighted by Crippen LogP contribution is -2.35. The van der Waals surface area contributed by atoms with Crippen LogP contribution < -0.4 is 0 Å². The van der Waals surface area contributed by atoms with Crippen LogP contribution in [0.5, 0.6) is 0 Å². The van der Waals surface area contributed by atoms with Crippen LogP contribution in [0.25, 0.3) is 5.76 Å². The zero-order valence-electron chi connectivity index (χ0n) is 10.5. The standard InChI is InChI=1S/C16H18O2/c17-15-12-14(13-8-4-3-5-9-13)18-16(15)10-6-1-2-7-11-16/h3-5,8-9,12H,1-2,6-7,10-11H2. The molecule has 0 radical (unpaired) electrons. The van der Waals surface area contributed by atoms with E-state index in [1.54, 1.807) is 6.08 Å². The number of hydrogen-bond donors (Lipinski definition) is 0. The maximum absolute atomic E-state index is 12.3. The van der Waals surface area contributed by atoms with Crippen molar-refractivity contribution in [3.63, 3.8) is 0 Å². The van der Waals surface area contributed by atoms with Gasteiger partial charge in [0.15, 0.2) is 5.60 Å². The molecule has 1 fully saturated rings. The molecular formula is C16H18O2. The highest BCUT2D eigenvalue weighted by atomic mass is 16.5. The molecule has 1 aromatic carbocycles. The summed E-state index contributed by atoms with van der Waals surface area (Å²) in [4.78, 5) is 12.3. The van der Waals surface area contributed by atoms with Crippen molar-refractivity contribution < 1.29 is 9.53 Å². The fourth-order valence-electron chi connectivity index (χ4n) is 2.93. The topological polar surface area (TPSA) is 26.3 Å². The third kappa shape index (κ3) is 1.96. The van der Waals surface area contributed by atoms with Crippen molar-refractivity contribution in [1.29, 1.82) is 0 Å². The van der Waals surface area contributed by atoms with Crippen molar-refractivity contribution in [2.45, 2.75) is 44.1 Å². The number of rotatable bonds is 1. The average Bonchev–Trinajstić information content (AvgIpc) is 2.59. The molecule has 0 atom stereocenters. The Balaban J connectivity index is 1.86. The molecule has 1 saturated carbocycles. The SMILES string of the molecule is O=C1C=C(c2ccccc2)OC12CCCCCC2. The Hall–Kier alpha value is -1.57. The number of ether oxygens (including phenoxy) is 1. The van der Waals surface area contributed by atoms with Gasteiger partial charge in [0.25, 0.3) is 0 Å². The molecule has 0 amide bonds. The minimum Gasteiger partial charge on any atom is -0.478 e. The maximum atomic E-state index is 12.3. The number of hydrogen-bond acceptors (Lipinski definition) is 2. The van der Waals surface area contributed by atoms with Crippen LogP contribution in [-0.4, -0.2) is 11.4 Å². The predicted octanol–water partition coefficient (Wildman–Crippen LogP) is 3.72. The molecule has 3 rings (SSSR count). The first-order valence-electron chi connectivity index (χ1n) is 6.81. The molecule has 1 aromatic rings. The van der Waals surface area contributed by atoms with Crippen molar-refractivity contribution in [2.75, 3.05) is 0 Å². The van der Waals surface area contributed by atoms with Gasteiger partial charge in [-0.3, -0.25) is 4.79 Å². The molecule has 0 unspecified atom stereocenters. The van der Waals surface area contributed by atoms with Gasteiger partial charge >= 0.3 is 0 Å². The second-order valence-corrected chi connectivity index (χ2v) is 5.25. The van der Waals surface area contributed by atoms with Gasteiger partial charge in [-0.15, -0.1) is 0 Å². The lowest BCUT2D eigenvalue weighted by molar-refractivity contribution is -0.129. The Kier molecular flexibility index (Phi) is 2.94. The third-order valence-electron chi connectivity index (χ3n) is 3.99. The highest BCUT2D eigenvalue weighted by molar-refractivity contribution is 6.05. The molecule has 1 heterocycles. The molecule has 18 heavy (non-hydrogen) atoms. The number of ketones is 1. The smallest absolute Gasteiger partial charge is 0.202 e. The Morgan fingerprint density at radius 3 is 2.28 bits per heavy atom. The van der Waals surface area contributed by atoms with Crippen molar-refractivity contribution in [3.8, 4) is 0 Å². The normalized spacial score (nSPS) is 22.4. The second-order valence-electron chi connectivity index (χ2n) is 5.25. The zero-order valence-corrected chi connectivity index (χ0v) is 10.5. The summed E-state index contributed by atoms with van der Waals surface area (Å²) in [7, 11) is 0. The predicted molar refractivity (Wildman–Crippen MR) is 70.9 cm³/mol. The van der Waals surface area contributed by atoms with Crippen LogP contribution in [0, 0.1) is 0 Å². The lowest BCUT2D eigenvalue weighted by atomic mass is 9.91. The van der Waals surface area contributed by atoms with Gasteiger partial charge in [-0.2, -0.15) is 0 Å². The number of benzene rings is 1. The molecule has 2 nitrogen and oxygen atoms in total. The van der Waals surface area contributed by atoms with E-state index in [2.05, 4.69) is 0 Å². The Morgan fingerprint density at radius 1 is 0.944 bits per heavy atom. The minimum absolute atomic E-state index is 0.170. The van der Waals surface area contributed by atoms with E-state index >= 15 is 0 Å². The maximum Gasteiger partial charge on any atom is 0.202 e. The van der Waals surface area contributed by atoms with E-state index in [1.807, 2.05) is 30.3 Å². The van der Waals surface area contributed by atoms with Crippen molar-refractivity contribution in [2.24, 2.45) is 0 Å². The van der Waals surface area contributed by atoms with E-state index in [1.165, 1.54) is 12.8 Å². The van der Waals surface area contributed by atoms with Crippen LogP contribution in [0.1, 0.15) is 44.1 Å². The zero-order chi connectivity index (χ0) is 12.4. The molecule has 2 aliphatic rings. The van der Waals surface area contributed by atoms with Crippen molar-refractivity contribution in [3.05, 3.63) is 42.0 Å². The van der Waals surface area contributed by atoms with Gasteiger partial charge in [0.2, 0.25) is 5.78 Å². The van der Waals surface area contributed by atoms with Crippen LogP contribution in [0.4, 0.5) is 0 Å². The summed E-state index contributed by atoms with van der Waals surface area (Å²) in [6, 6.07) is 9.91. The quantitative estimate of drug-likeness (QED) is 0.750. The van der Waals surface area contributed by atoms with Gasteiger partial charge in [0, 0.05) is 11.6 Å². The summed E-state index contributed by atoms with van der Waals surface area (Å²) < 4.78 is 6.08. The summed E-state index contributed by atoms with van der Waals surface area (Å²) >= 11 is 0. The van der Waals surface area contributed by atoms with Crippen LogP contribution in [-0.2, 0) is 9.53 Å². The van der Waals surface area contributed by atoms with Crippen LogP contribution >= 0.6 is 0 Å². The summed E-state index contributed by atoms with van der Waals surface area (Å²) in [6.45, 7) is 0. The second kappa shape index (κ2) is 4.60. The summed E-state index contributed by atoms with van der Waals surface area (Å²) in [5, 5.41) is 0. The van der Waals surface area contributed by atoms with Gasteiger partial charge in [-0.05, 0) is 25.7 Å². The fourth-order valence-corrected chi connectivity index (χ4v) is 2.93. The van der Waals surface area contributed by atoms with Crippen LogP contribution in [0.2, 0.25) is 0 Å². The largest absolute Gasteiger partial charge is 0.478 e. The van der Waals surface area contributed by atoms with Gasteiger partial charge in [0.05, 0.1) is 0 Å². The highest BCUT2D eigenvalue weighted by Gasteiger charge is 2.44. The summed E-state index contributed by atoms with van der Waals surface area (Å²) in [5.74, 6) is 0.922. The van der Waals surface area contributed by atoms with Gasteiger partial charge in [0.1, 0.15) is 5.76 Å². The fraction of sp³-hybridized carbons (Fsp3) is 0.438. The number of carbonyl (C=O) groups excluding carboxylic acids is 1. The molecule has 0 N–H and O–H groups in total. The van der Waals surface area contributed by atoms with E-state index < -0.39 is 5.60 Å². The number of carbonyl (C=O) groups is 1. The Labute approximate surface area is 108 Å². The monoisotopic (exact) mass is 242 g/mol. The first kappa shape index (κ1) is 11.5. The summed E-state index contributed by atoms with van der Waals surface area (Å²) in [6.07, 6.45) is 8.08. The highest BCUT2D eigenvalue weighted by Crippen LogP contribution is 2.40. The minimum atomic E-state index is -0.540.